The number of benzene rings is 2. The van der Waals surface area contributed by atoms with Gasteiger partial charge < -0.3 is 15.2 Å². The maximum absolute atomic E-state index is 14.3. The maximum Gasteiger partial charge on any atom is 0.339 e. The van der Waals surface area contributed by atoms with Gasteiger partial charge in [0, 0.05) is 14.5 Å². The van der Waals surface area contributed by atoms with Crippen LogP contribution in [0.25, 0.3) is 11.1 Å². The number of rotatable bonds is 5. The first kappa shape index (κ1) is 21.1. The fourth-order valence-electron chi connectivity index (χ4n) is 2.63. The van der Waals surface area contributed by atoms with Gasteiger partial charge in [-0.25, -0.2) is 13.6 Å². The average Bonchev–Trinajstić information content (AvgIpc) is 3.09. The summed E-state index contributed by atoms with van der Waals surface area (Å²) in [5, 5.41) is 13.3. The van der Waals surface area contributed by atoms with E-state index in [0.29, 0.717) is 17.2 Å². The summed E-state index contributed by atoms with van der Waals surface area (Å²) in [5.41, 5.74) is -0.0343. The molecule has 0 spiro atoms. The van der Waals surface area contributed by atoms with Gasteiger partial charge in [-0.2, -0.15) is 4.39 Å². The Morgan fingerprint density at radius 2 is 1.90 bits per heavy atom. The molecule has 5 nitrogen and oxygen atoms in total. The van der Waals surface area contributed by atoms with E-state index in [0.717, 1.165) is 22.0 Å². The van der Waals surface area contributed by atoms with E-state index in [1.165, 1.54) is 5.38 Å². The van der Waals surface area contributed by atoms with Crippen LogP contribution in [-0.4, -0.2) is 24.1 Å². The van der Waals surface area contributed by atoms with Crippen LogP contribution in [0.5, 0.6) is 5.75 Å². The minimum absolute atomic E-state index is 0.0699. The van der Waals surface area contributed by atoms with E-state index >= 15 is 0 Å². The zero-order valence-electron chi connectivity index (χ0n) is 14.6. The molecule has 29 heavy (non-hydrogen) atoms. The van der Waals surface area contributed by atoms with E-state index in [4.69, 9.17) is 0 Å². The number of hydrogen-bond acceptors (Lipinski definition) is 4. The van der Waals surface area contributed by atoms with Crippen molar-refractivity contribution in [3.05, 3.63) is 67.9 Å². The lowest BCUT2D eigenvalue weighted by molar-refractivity contribution is 0.0699. The van der Waals surface area contributed by atoms with Crippen LogP contribution in [0.2, 0.25) is 0 Å². The Hall–Kier alpha value is -2.60. The molecule has 0 saturated heterocycles. The molecule has 10 heteroatoms. The number of halogens is 4. The third-order valence-electron chi connectivity index (χ3n) is 3.93. The standard InChI is InChI=1S/C19H11F3INO4S/c1-28-16-14(21)10(6-12(20)15(16)22)17(25)24-18-13(19(26)27)11(7-29-18)8-3-2-4-9(23)5-8/h2-7H,1H3,(H,24,25)(H,26,27). The largest absolute Gasteiger partial charge is 0.491 e. The number of carbonyl (C=O) groups excluding carboxylic acids is 1. The normalized spacial score (nSPS) is 10.7. The minimum atomic E-state index is -1.56. The predicted octanol–water partition coefficient (Wildman–Crippen LogP) is 5.40. The SMILES string of the molecule is COc1c(F)c(F)cc(C(=O)Nc2scc(-c3cccc(I)c3)c2C(=O)O)c1F. The molecule has 1 aromatic heterocycles. The number of anilines is 1. The van der Waals surface area contributed by atoms with Crippen LogP contribution in [0, 0.1) is 21.0 Å². The Labute approximate surface area is 180 Å². The van der Waals surface area contributed by atoms with Gasteiger partial charge in [-0.3, -0.25) is 4.79 Å². The number of amides is 1. The molecule has 1 heterocycles. The molecule has 0 fully saturated rings. The summed E-state index contributed by atoms with van der Waals surface area (Å²) in [6, 6.07) is 7.44. The average molecular weight is 533 g/mol. The van der Waals surface area contributed by atoms with Crippen molar-refractivity contribution in [1.29, 1.82) is 0 Å². The Morgan fingerprint density at radius 1 is 1.17 bits per heavy atom. The van der Waals surface area contributed by atoms with Gasteiger partial charge in [-0.1, -0.05) is 12.1 Å². The number of ether oxygens (including phenoxy) is 1. The highest BCUT2D eigenvalue weighted by molar-refractivity contribution is 14.1. The van der Waals surface area contributed by atoms with Crippen molar-refractivity contribution in [2.24, 2.45) is 0 Å². The molecule has 0 bridgehead atoms. The van der Waals surface area contributed by atoms with Crippen molar-refractivity contribution in [3.8, 4) is 16.9 Å². The van der Waals surface area contributed by atoms with E-state index < -0.39 is 40.6 Å². The summed E-state index contributed by atoms with van der Waals surface area (Å²) in [6.07, 6.45) is 0. The van der Waals surface area contributed by atoms with Crippen LogP contribution in [0.15, 0.2) is 35.7 Å². The first-order valence-corrected chi connectivity index (χ1v) is 9.84. The second kappa shape index (κ2) is 8.41. The van der Waals surface area contributed by atoms with Gasteiger partial charge >= 0.3 is 5.97 Å². The number of aromatic carboxylic acids is 1. The number of carboxylic acid groups (broad SMARTS) is 1. The second-order valence-electron chi connectivity index (χ2n) is 5.69. The highest BCUT2D eigenvalue weighted by Crippen LogP contribution is 2.37. The fourth-order valence-corrected chi connectivity index (χ4v) is 4.13. The number of carboxylic acids is 1. The first-order valence-electron chi connectivity index (χ1n) is 7.88. The summed E-state index contributed by atoms with van der Waals surface area (Å²) in [4.78, 5) is 24.3. The summed E-state index contributed by atoms with van der Waals surface area (Å²) < 4.78 is 46.9. The molecule has 0 radical (unpaired) electrons. The smallest absolute Gasteiger partial charge is 0.339 e. The van der Waals surface area contributed by atoms with E-state index in [-0.39, 0.29) is 10.6 Å². The van der Waals surface area contributed by atoms with E-state index in [2.05, 4.69) is 32.6 Å². The van der Waals surface area contributed by atoms with Gasteiger partial charge in [0.15, 0.2) is 17.4 Å². The van der Waals surface area contributed by atoms with Crippen molar-refractivity contribution < 1.29 is 32.6 Å². The van der Waals surface area contributed by atoms with Gasteiger partial charge in [0.25, 0.3) is 5.91 Å². The van der Waals surface area contributed by atoms with Crippen LogP contribution >= 0.6 is 33.9 Å². The lowest BCUT2D eigenvalue weighted by Crippen LogP contribution is -2.16. The predicted molar refractivity (Wildman–Crippen MR) is 110 cm³/mol. The molecule has 0 saturated carbocycles. The van der Waals surface area contributed by atoms with Crippen LogP contribution < -0.4 is 10.1 Å². The Bertz CT molecular complexity index is 1130. The third kappa shape index (κ3) is 4.08. The van der Waals surface area contributed by atoms with Crippen molar-refractivity contribution in [2.75, 3.05) is 12.4 Å². The summed E-state index contributed by atoms with van der Waals surface area (Å²) in [6.45, 7) is 0. The Kier molecular flexibility index (Phi) is 6.13. The molecular weight excluding hydrogens is 522 g/mol. The van der Waals surface area contributed by atoms with Gasteiger partial charge in [0.2, 0.25) is 5.82 Å². The number of hydrogen-bond donors (Lipinski definition) is 2. The molecule has 3 aromatic rings. The third-order valence-corrected chi connectivity index (χ3v) is 5.50. The lowest BCUT2D eigenvalue weighted by Gasteiger charge is -2.10. The lowest BCUT2D eigenvalue weighted by atomic mass is 10.0. The van der Waals surface area contributed by atoms with Crippen molar-refractivity contribution >= 4 is 50.8 Å². The molecule has 0 aliphatic heterocycles. The molecule has 0 aliphatic rings. The summed E-state index contributed by atoms with van der Waals surface area (Å²) >= 11 is 2.99. The molecule has 0 atom stereocenters. The molecule has 2 aromatic carbocycles. The van der Waals surface area contributed by atoms with E-state index in [9.17, 15) is 27.9 Å². The molecule has 2 N–H and O–H groups in total. The zero-order chi connectivity index (χ0) is 21.3. The van der Waals surface area contributed by atoms with Crippen LogP contribution in [0.3, 0.4) is 0 Å². The fraction of sp³-hybridized carbons (Fsp3) is 0.0526. The molecule has 0 unspecified atom stereocenters. The van der Waals surface area contributed by atoms with Crippen molar-refractivity contribution in [2.45, 2.75) is 0 Å². The summed E-state index contributed by atoms with van der Waals surface area (Å²) in [5.74, 6) is -7.92. The molecule has 1 amide bonds. The van der Waals surface area contributed by atoms with Crippen LogP contribution in [0.1, 0.15) is 20.7 Å². The van der Waals surface area contributed by atoms with E-state index in [1.807, 2.05) is 6.07 Å². The van der Waals surface area contributed by atoms with Gasteiger partial charge in [-0.15, -0.1) is 11.3 Å². The van der Waals surface area contributed by atoms with Crippen molar-refractivity contribution in [3.63, 3.8) is 0 Å². The van der Waals surface area contributed by atoms with Crippen molar-refractivity contribution in [1.82, 2.24) is 0 Å². The molecule has 150 valence electrons. The molecule has 3 rings (SSSR count). The molecular formula is C19H11F3INO4S. The Morgan fingerprint density at radius 3 is 2.52 bits per heavy atom. The number of thiophene rings is 1. The highest BCUT2D eigenvalue weighted by Gasteiger charge is 2.26. The minimum Gasteiger partial charge on any atom is -0.491 e. The second-order valence-corrected chi connectivity index (χ2v) is 7.82. The zero-order valence-corrected chi connectivity index (χ0v) is 17.5. The quantitative estimate of drug-likeness (QED) is 0.341. The van der Waals surface area contributed by atoms with Gasteiger partial charge in [0.05, 0.1) is 12.7 Å². The number of nitrogens with one attached hydrogen (secondary N) is 1. The van der Waals surface area contributed by atoms with Crippen LogP contribution in [0.4, 0.5) is 18.2 Å². The molecule has 0 aliphatic carbocycles. The first-order chi connectivity index (χ1) is 13.7. The monoisotopic (exact) mass is 533 g/mol. The van der Waals surface area contributed by atoms with E-state index in [1.54, 1.807) is 18.2 Å². The Balaban J connectivity index is 2.03. The number of methoxy groups -OCH3 is 1. The summed E-state index contributed by atoms with van der Waals surface area (Å²) in [7, 11) is 0.929. The van der Waals surface area contributed by atoms with Gasteiger partial charge in [0.1, 0.15) is 10.6 Å². The maximum atomic E-state index is 14.3. The topological polar surface area (TPSA) is 75.6 Å². The highest BCUT2D eigenvalue weighted by atomic mass is 127. The van der Waals surface area contributed by atoms with Crippen LogP contribution in [-0.2, 0) is 0 Å². The van der Waals surface area contributed by atoms with Gasteiger partial charge in [-0.05, 0) is 46.4 Å². The number of carbonyl (C=O) groups is 2.